The molecule has 2 aromatic rings. The van der Waals surface area contributed by atoms with Crippen molar-refractivity contribution in [3.63, 3.8) is 0 Å². The molecule has 1 aromatic carbocycles. The van der Waals surface area contributed by atoms with Crippen LogP contribution in [0.5, 0.6) is 0 Å². The largest absolute Gasteiger partial charge is 0.478 e. The van der Waals surface area contributed by atoms with Crippen molar-refractivity contribution in [3.8, 4) is 5.69 Å². The molecule has 0 saturated carbocycles. The maximum Gasteiger partial charge on any atom is 0.434 e. The fourth-order valence-electron chi connectivity index (χ4n) is 1.58. The zero-order chi connectivity index (χ0) is 14.2. The first-order chi connectivity index (χ1) is 8.82. The Morgan fingerprint density at radius 2 is 1.89 bits per heavy atom. The van der Waals surface area contributed by atoms with Crippen LogP contribution >= 0.6 is 0 Å². The van der Waals surface area contributed by atoms with Crippen molar-refractivity contribution in [1.29, 1.82) is 0 Å². The molecule has 0 aliphatic rings. The third-order valence-corrected chi connectivity index (χ3v) is 2.35. The van der Waals surface area contributed by atoms with Crippen LogP contribution in [0.25, 0.3) is 5.69 Å². The summed E-state index contributed by atoms with van der Waals surface area (Å²) in [6.45, 7) is 0. The first-order valence-corrected chi connectivity index (χ1v) is 4.96. The van der Waals surface area contributed by atoms with E-state index in [1.807, 2.05) is 0 Å². The van der Waals surface area contributed by atoms with Gasteiger partial charge in [-0.05, 0) is 12.1 Å². The molecule has 1 heterocycles. The molecule has 0 bridgehead atoms. The number of benzene rings is 1. The molecule has 0 atom stereocenters. The van der Waals surface area contributed by atoms with E-state index in [1.54, 1.807) is 0 Å². The predicted molar refractivity (Wildman–Crippen MR) is 55.5 cm³/mol. The summed E-state index contributed by atoms with van der Waals surface area (Å²) >= 11 is 0. The minimum absolute atomic E-state index is 0.235. The maximum absolute atomic E-state index is 13.5. The number of rotatable bonds is 2. The lowest BCUT2D eigenvalue weighted by atomic mass is 10.2. The number of para-hydroxylation sites is 1. The molecule has 0 saturated heterocycles. The Balaban J connectivity index is 2.73. The van der Waals surface area contributed by atoms with E-state index in [0.29, 0.717) is 6.20 Å². The third kappa shape index (κ3) is 2.28. The van der Waals surface area contributed by atoms with E-state index in [-0.39, 0.29) is 4.68 Å². The zero-order valence-electron chi connectivity index (χ0n) is 9.15. The summed E-state index contributed by atoms with van der Waals surface area (Å²) in [5.41, 5.74) is -3.02. The van der Waals surface area contributed by atoms with Crippen LogP contribution in [-0.4, -0.2) is 20.9 Å². The van der Waals surface area contributed by atoms with Gasteiger partial charge < -0.3 is 5.11 Å². The van der Waals surface area contributed by atoms with Crippen LogP contribution in [0.4, 0.5) is 17.6 Å². The van der Waals surface area contributed by atoms with Gasteiger partial charge in [0.2, 0.25) is 0 Å². The normalized spacial score (nSPS) is 11.6. The summed E-state index contributed by atoms with van der Waals surface area (Å²) < 4.78 is 52.3. The first kappa shape index (κ1) is 13.1. The van der Waals surface area contributed by atoms with E-state index in [9.17, 15) is 22.4 Å². The van der Waals surface area contributed by atoms with Crippen LogP contribution in [0, 0.1) is 5.82 Å². The Morgan fingerprint density at radius 3 is 2.42 bits per heavy atom. The predicted octanol–water partition coefficient (Wildman–Crippen LogP) is 2.73. The number of carboxylic acids is 1. The zero-order valence-corrected chi connectivity index (χ0v) is 9.15. The maximum atomic E-state index is 13.5. The number of hydrogen-bond donors (Lipinski definition) is 1. The molecule has 19 heavy (non-hydrogen) atoms. The molecule has 100 valence electrons. The van der Waals surface area contributed by atoms with Crippen molar-refractivity contribution < 1.29 is 27.5 Å². The molecular formula is C11H6F4N2O2. The van der Waals surface area contributed by atoms with E-state index in [0.717, 1.165) is 12.1 Å². The molecule has 8 heteroatoms. The Hall–Kier alpha value is -2.38. The number of hydrogen-bond acceptors (Lipinski definition) is 2. The lowest BCUT2D eigenvalue weighted by Crippen LogP contribution is -2.17. The molecule has 0 aliphatic heterocycles. The standard InChI is InChI=1S/C11H6F4N2O2/c12-7-3-1-2-4-8(7)17-9(11(13,14)15)6(5-16-17)10(18)19/h1-5H,(H,18,19). The van der Waals surface area contributed by atoms with Gasteiger partial charge in [0.1, 0.15) is 17.1 Å². The van der Waals surface area contributed by atoms with Gasteiger partial charge in [0.15, 0.2) is 5.69 Å². The van der Waals surface area contributed by atoms with Crippen molar-refractivity contribution in [2.75, 3.05) is 0 Å². The number of nitrogens with zero attached hydrogens (tertiary/aromatic N) is 2. The molecule has 0 fully saturated rings. The van der Waals surface area contributed by atoms with E-state index in [4.69, 9.17) is 5.11 Å². The van der Waals surface area contributed by atoms with Gasteiger partial charge >= 0.3 is 12.1 Å². The van der Waals surface area contributed by atoms with Gasteiger partial charge in [-0.15, -0.1) is 0 Å². The highest BCUT2D eigenvalue weighted by atomic mass is 19.4. The van der Waals surface area contributed by atoms with Gasteiger partial charge in [-0.2, -0.15) is 18.3 Å². The second-order valence-corrected chi connectivity index (χ2v) is 3.57. The molecular weight excluding hydrogens is 268 g/mol. The van der Waals surface area contributed by atoms with E-state index >= 15 is 0 Å². The van der Waals surface area contributed by atoms with Crippen molar-refractivity contribution >= 4 is 5.97 Å². The summed E-state index contributed by atoms with van der Waals surface area (Å²) in [6, 6.07) is 4.65. The van der Waals surface area contributed by atoms with Gasteiger partial charge in [-0.3, -0.25) is 0 Å². The third-order valence-electron chi connectivity index (χ3n) is 2.35. The summed E-state index contributed by atoms with van der Waals surface area (Å²) in [6.07, 6.45) is -4.43. The van der Waals surface area contributed by atoms with Gasteiger partial charge in [-0.25, -0.2) is 13.9 Å². The first-order valence-electron chi connectivity index (χ1n) is 4.96. The highest BCUT2D eigenvalue weighted by Crippen LogP contribution is 2.34. The summed E-state index contributed by atoms with van der Waals surface area (Å²) in [5.74, 6) is -2.72. The van der Waals surface area contributed by atoms with Crippen molar-refractivity contribution in [1.82, 2.24) is 9.78 Å². The van der Waals surface area contributed by atoms with Crippen LogP contribution in [0.1, 0.15) is 16.1 Å². The van der Waals surface area contributed by atoms with Gasteiger partial charge in [-0.1, -0.05) is 12.1 Å². The van der Waals surface area contributed by atoms with Gasteiger partial charge in [0.25, 0.3) is 0 Å². The SMILES string of the molecule is O=C(O)c1cnn(-c2ccccc2F)c1C(F)(F)F. The average molecular weight is 274 g/mol. The van der Waals surface area contributed by atoms with E-state index in [1.165, 1.54) is 12.1 Å². The average Bonchev–Trinajstić information content (AvgIpc) is 2.73. The molecule has 1 aromatic heterocycles. The van der Waals surface area contributed by atoms with Crippen molar-refractivity contribution in [2.45, 2.75) is 6.18 Å². The van der Waals surface area contributed by atoms with Crippen LogP contribution in [0.15, 0.2) is 30.5 Å². The molecule has 2 rings (SSSR count). The Kier molecular flexibility index (Phi) is 3.01. The van der Waals surface area contributed by atoms with Crippen molar-refractivity contribution in [3.05, 3.63) is 47.5 Å². The Morgan fingerprint density at radius 1 is 1.26 bits per heavy atom. The lowest BCUT2D eigenvalue weighted by Gasteiger charge is -2.11. The lowest BCUT2D eigenvalue weighted by molar-refractivity contribution is -0.143. The van der Waals surface area contributed by atoms with Crippen molar-refractivity contribution in [2.24, 2.45) is 0 Å². The van der Waals surface area contributed by atoms with Crippen LogP contribution < -0.4 is 0 Å². The number of carboxylic acid groups (broad SMARTS) is 1. The molecule has 0 radical (unpaired) electrons. The minimum atomic E-state index is -4.97. The highest BCUT2D eigenvalue weighted by Gasteiger charge is 2.41. The van der Waals surface area contributed by atoms with Crippen LogP contribution in [-0.2, 0) is 6.18 Å². The second kappa shape index (κ2) is 4.38. The minimum Gasteiger partial charge on any atom is -0.478 e. The smallest absolute Gasteiger partial charge is 0.434 e. The molecule has 0 amide bonds. The van der Waals surface area contributed by atoms with E-state index < -0.39 is 34.9 Å². The summed E-state index contributed by atoms with van der Waals surface area (Å²) in [7, 11) is 0. The van der Waals surface area contributed by atoms with E-state index in [2.05, 4.69) is 5.10 Å². The molecule has 0 aliphatic carbocycles. The van der Waals surface area contributed by atoms with Crippen LogP contribution in [0.2, 0.25) is 0 Å². The summed E-state index contributed by atoms with van der Waals surface area (Å²) in [5, 5.41) is 12.0. The number of aromatic carboxylic acids is 1. The van der Waals surface area contributed by atoms with Gasteiger partial charge in [0, 0.05) is 0 Å². The summed E-state index contributed by atoms with van der Waals surface area (Å²) in [4.78, 5) is 10.8. The fourth-order valence-corrected chi connectivity index (χ4v) is 1.58. The molecule has 1 N–H and O–H groups in total. The van der Waals surface area contributed by atoms with Crippen LogP contribution in [0.3, 0.4) is 0 Å². The Bertz CT molecular complexity index is 634. The molecule has 0 spiro atoms. The highest BCUT2D eigenvalue weighted by molar-refractivity contribution is 5.89. The second-order valence-electron chi connectivity index (χ2n) is 3.57. The fraction of sp³-hybridized carbons (Fsp3) is 0.0909. The number of aromatic nitrogens is 2. The van der Waals surface area contributed by atoms with Gasteiger partial charge in [0.05, 0.1) is 6.20 Å². The quantitative estimate of drug-likeness (QED) is 0.857. The number of alkyl halides is 3. The molecule has 0 unspecified atom stereocenters. The Labute approximate surface area is 103 Å². The molecule has 4 nitrogen and oxygen atoms in total. The monoisotopic (exact) mass is 274 g/mol. The number of halogens is 4. The number of carbonyl (C=O) groups is 1. The topological polar surface area (TPSA) is 55.1 Å².